The number of hydrogen-bond donors (Lipinski definition) is 1. The zero-order chi connectivity index (χ0) is 14.7. The van der Waals surface area contributed by atoms with Crippen LogP contribution in [0.2, 0.25) is 0 Å². The van der Waals surface area contributed by atoms with Gasteiger partial charge in [0.25, 0.3) is 0 Å². The van der Waals surface area contributed by atoms with Crippen molar-refractivity contribution >= 4 is 5.69 Å². The maximum Gasteiger partial charge on any atom is 0.122 e. The van der Waals surface area contributed by atoms with Crippen LogP contribution in [0.15, 0.2) is 48.5 Å². The van der Waals surface area contributed by atoms with Gasteiger partial charge in [-0.1, -0.05) is 36.4 Å². The predicted molar refractivity (Wildman–Crippen MR) is 86.5 cm³/mol. The molecule has 21 heavy (non-hydrogen) atoms. The molecule has 1 aliphatic rings. The number of benzene rings is 2. The Kier molecular flexibility index (Phi) is 4.11. The third-order valence-electron chi connectivity index (χ3n) is 4.11. The lowest BCUT2D eigenvalue weighted by atomic mass is 9.92. The molecule has 0 saturated carbocycles. The molecule has 0 spiro atoms. The Balaban J connectivity index is 1.69. The molecule has 1 unspecified atom stereocenters. The van der Waals surface area contributed by atoms with Gasteiger partial charge in [-0.25, -0.2) is 0 Å². The Bertz CT molecular complexity index is 612. The first-order valence-electron chi connectivity index (χ1n) is 7.47. The Morgan fingerprint density at radius 1 is 1.14 bits per heavy atom. The zero-order valence-corrected chi connectivity index (χ0v) is 12.5. The first kappa shape index (κ1) is 14.0. The molecule has 3 heteroatoms. The van der Waals surface area contributed by atoms with Crippen LogP contribution < -0.4 is 10.5 Å². The molecular formula is C18H22N2O. The number of hydrogen-bond acceptors (Lipinski definition) is 3. The molecule has 0 radical (unpaired) electrons. The fourth-order valence-corrected chi connectivity index (χ4v) is 3.02. The fraction of sp³-hybridized carbons (Fsp3) is 0.333. The third-order valence-corrected chi connectivity index (χ3v) is 4.11. The smallest absolute Gasteiger partial charge is 0.122 e. The normalized spacial score (nSPS) is 17.3. The van der Waals surface area contributed by atoms with Crippen molar-refractivity contribution < 1.29 is 4.74 Å². The van der Waals surface area contributed by atoms with Gasteiger partial charge in [0.15, 0.2) is 0 Å². The van der Waals surface area contributed by atoms with Crippen LogP contribution >= 0.6 is 0 Å². The van der Waals surface area contributed by atoms with Crippen LogP contribution in [0.25, 0.3) is 0 Å². The van der Waals surface area contributed by atoms with Crippen LogP contribution in [-0.4, -0.2) is 25.1 Å². The first-order chi connectivity index (χ1) is 10.2. The number of rotatable bonds is 4. The summed E-state index contributed by atoms with van der Waals surface area (Å²) in [5, 5.41) is 0. The lowest BCUT2D eigenvalue weighted by molar-refractivity contribution is 0.229. The van der Waals surface area contributed by atoms with Crippen LogP contribution in [-0.2, 0) is 6.54 Å². The highest BCUT2D eigenvalue weighted by atomic mass is 16.5. The number of nitrogen functional groups attached to an aromatic ring is 1. The summed E-state index contributed by atoms with van der Waals surface area (Å²) in [6, 6.07) is 16.5. The average molecular weight is 282 g/mol. The van der Waals surface area contributed by atoms with E-state index in [9.17, 15) is 0 Å². The topological polar surface area (TPSA) is 38.5 Å². The largest absolute Gasteiger partial charge is 0.493 e. The van der Waals surface area contributed by atoms with E-state index in [0.717, 1.165) is 37.6 Å². The Morgan fingerprint density at radius 2 is 1.90 bits per heavy atom. The van der Waals surface area contributed by atoms with E-state index >= 15 is 0 Å². The molecule has 0 fully saturated rings. The second-order valence-electron chi connectivity index (χ2n) is 5.77. The molecule has 2 N–H and O–H groups in total. The van der Waals surface area contributed by atoms with Crippen molar-refractivity contribution in [1.82, 2.24) is 4.90 Å². The van der Waals surface area contributed by atoms with Gasteiger partial charge in [0.05, 0.1) is 6.61 Å². The van der Waals surface area contributed by atoms with E-state index in [0.29, 0.717) is 5.92 Å². The van der Waals surface area contributed by atoms with Gasteiger partial charge in [0.1, 0.15) is 5.75 Å². The molecule has 2 aromatic carbocycles. The van der Waals surface area contributed by atoms with Gasteiger partial charge >= 0.3 is 0 Å². The highest BCUT2D eigenvalue weighted by Crippen LogP contribution is 2.33. The second-order valence-corrected chi connectivity index (χ2v) is 5.77. The molecule has 0 aromatic heterocycles. The van der Waals surface area contributed by atoms with E-state index in [2.05, 4.69) is 36.2 Å². The van der Waals surface area contributed by atoms with E-state index < -0.39 is 0 Å². The summed E-state index contributed by atoms with van der Waals surface area (Å²) in [7, 11) is 2.16. The van der Waals surface area contributed by atoms with Gasteiger partial charge < -0.3 is 15.4 Å². The van der Waals surface area contributed by atoms with Crippen molar-refractivity contribution in [2.45, 2.75) is 18.9 Å². The van der Waals surface area contributed by atoms with Crippen molar-refractivity contribution in [3.8, 4) is 5.75 Å². The second kappa shape index (κ2) is 6.19. The molecule has 0 bridgehead atoms. The quantitative estimate of drug-likeness (QED) is 0.875. The minimum atomic E-state index is 0.532. The van der Waals surface area contributed by atoms with Crippen LogP contribution in [0, 0.1) is 0 Å². The molecule has 0 amide bonds. The molecule has 2 aromatic rings. The van der Waals surface area contributed by atoms with Crippen molar-refractivity contribution in [2.24, 2.45) is 0 Å². The maximum atomic E-state index is 6.03. The first-order valence-corrected chi connectivity index (χ1v) is 7.47. The van der Waals surface area contributed by atoms with Crippen molar-refractivity contribution in [3.05, 3.63) is 59.7 Å². The third kappa shape index (κ3) is 3.19. The summed E-state index contributed by atoms with van der Waals surface area (Å²) in [5.74, 6) is 1.58. The molecule has 110 valence electrons. The van der Waals surface area contributed by atoms with Crippen molar-refractivity contribution in [1.29, 1.82) is 0 Å². The molecule has 1 aliphatic heterocycles. The predicted octanol–water partition coefficient (Wildman–Crippen LogP) is 3.27. The van der Waals surface area contributed by atoms with Gasteiger partial charge in [-0.05, 0) is 36.7 Å². The van der Waals surface area contributed by atoms with Gasteiger partial charge in [-0.2, -0.15) is 0 Å². The SMILES string of the molecule is CN(Cc1ccccc1N)CC1CCOc2ccccc21. The van der Waals surface area contributed by atoms with E-state index in [1.54, 1.807) is 0 Å². The molecule has 3 nitrogen and oxygen atoms in total. The minimum absolute atomic E-state index is 0.532. The standard InChI is InChI=1S/C18H22N2O/c1-20(13-15-6-2-4-8-17(15)19)12-14-10-11-21-18-9-5-3-7-16(14)18/h2-9,14H,10-13,19H2,1H3. The lowest BCUT2D eigenvalue weighted by Crippen LogP contribution is -2.28. The number of fused-ring (bicyclic) bond motifs is 1. The number of para-hydroxylation sites is 2. The molecule has 1 atom stereocenters. The van der Waals surface area contributed by atoms with Crippen LogP contribution in [0.5, 0.6) is 5.75 Å². The number of likely N-dealkylation sites (N-methyl/N-ethyl adjacent to an activating group) is 1. The summed E-state index contributed by atoms with van der Waals surface area (Å²) in [5.41, 5.74) is 9.43. The van der Waals surface area contributed by atoms with Gasteiger partial charge in [0.2, 0.25) is 0 Å². The van der Waals surface area contributed by atoms with Crippen molar-refractivity contribution in [3.63, 3.8) is 0 Å². The van der Waals surface area contributed by atoms with Crippen LogP contribution in [0.1, 0.15) is 23.5 Å². The van der Waals surface area contributed by atoms with Gasteiger partial charge in [-0.3, -0.25) is 0 Å². The van der Waals surface area contributed by atoms with E-state index in [4.69, 9.17) is 10.5 Å². The molecule has 0 aliphatic carbocycles. The zero-order valence-electron chi connectivity index (χ0n) is 12.5. The Morgan fingerprint density at radius 3 is 2.76 bits per heavy atom. The maximum absolute atomic E-state index is 6.03. The molecular weight excluding hydrogens is 260 g/mol. The molecule has 1 heterocycles. The van der Waals surface area contributed by atoms with Crippen molar-refractivity contribution in [2.75, 3.05) is 25.9 Å². The fourth-order valence-electron chi connectivity index (χ4n) is 3.02. The van der Waals surface area contributed by atoms with E-state index in [1.165, 1.54) is 11.1 Å². The Labute approximate surface area is 126 Å². The summed E-state index contributed by atoms with van der Waals surface area (Å²) >= 11 is 0. The van der Waals surface area contributed by atoms with Crippen LogP contribution in [0.4, 0.5) is 5.69 Å². The highest BCUT2D eigenvalue weighted by molar-refractivity contribution is 5.46. The van der Waals surface area contributed by atoms with E-state index in [1.807, 2.05) is 24.3 Å². The monoisotopic (exact) mass is 282 g/mol. The highest BCUT2D eigenvalue weighted by Gasteiger charge is 2.22. The minimum Gasteiger partial charge on any atom is -0.493 e. The average Bonchev–Trinajstić information content (AvgIpc) is 2.50. The lowest BCUT2D eigenvalue weighted by Gasteiger charge is -2.29. The number of ether oxygens (including phenoxy) is 1. The summed E-state index contributed by atoms with van der Waals surface area (Å²) in [6.45, 7) is 2.71. The summed E-state index contributed by atoms with van der Waals surface area (Å²) < 4.78 is 5.73. The number of anilines is 1. The summed E-state index contributed by atoms with van der Waals surface area (Å²) in [4.78, 5) is 2.35. The summed E-state index contributed by atoms with van der Waals surface area (Å²) in [6.07, 6.45) is 1.08. The van der Waals surface area contributed by atoms with Crippen LogP contribution in [0.3, 0.4) is 0 Å². The number of nitrogens with zero attached hydrogens (tertiary/aromatic N) is 1. The van der Waals surface area contributed by atoms with E-state index in [-0.39, 0.29) is 0 Å². The molecule has 3 rings (SSSR count). The molecule has 0 saturated heterocycles. The number of nitrogens with two attached hydrogens (primary N) is 1. The van der Waals surface area contributed by atoms with Gasteiger partial charge in [-0.15, -0.1) is 0 Å². The Hall–Kier alpha value is -2.00. The van der Waals surface area contributed by atoms with Gasteiger partial charge in [0, 0.05) is 24.7 Å².